The molecule has 1 unspecified atom stereocenters. The van der Waals surface area contributed by atoms with E-state index in [0.717, 1.165) is 19.5 Å². The van der Waals surface area contributed by atoms with E-state index in [2.05, 4.69) is 16.7 Å². The van der Waals surface area contributed by atoms with Crippen LogP contribution in [0.25, 0.3) is 0 Å². The minimum atomic E-state index is -0.471. The van der Waals surface area contributed by atoms with Crippen molar-refractivity contribution in [2.75, 3.05) is 19.6 Å². The average Bonchev–Trinajstić information content (AvgIpc) is 2.67. The first-order valence-electron chi connectivity index (χ1n) is 4.95. The second kappa shape index (κ2) is 4.43. The Balaban J connectivity index is 2.31. The summed E-state index contributed by atoms with van der Waals surface area (Å²) in [4.78, 5) is 11.5. The predicted molar refractivity (Wildman–Crippen MR) is 53.4 cm³/mol. The SMILES string of the molecule is CC(C)(C#N)CNC(=O)C1CCNC1. The predicted octanol–water partition coefficient (Wildman–Crippen LogP) is 0.262. The zero-order chi connectivity index (χ0) is 10.6. The summed E-state index contributed by atoms with van der Waals surface area (Å²) in [6, 6.07) is 2.16. The number of nitriles is 1. The van der Waals surface area contributed by atoms with Crippen molar-refractivity contribution < 1.29 is 4.79 Å². The highest BCUT2D eigenvalue weighted by Crippen LogP contribution is 2.12. The van der Waals surface area contributed by atoms with Gasteiger partial charge in [0.05, 0.1) is 17.4 Å². The highest BCUT2D eigenvalue weighted by Gasteiger charge is 2.24. The van der Waals surface area contributed by atoms with Gasteiger partial charge < -0.3 is 10.6 Å². The van der Waals surface area contributed by atoms with E-state index in [1.807, 2.05) is 13.8 Å². The molecule has 2 N–H and O–H groups in total. The van der Waals surface area contributed by atoms with Crippen LogP contribution in [-0.2, 0) is 4.79 Å². The van der Waals surface area contributed by atoms with E-state index in [1.54, 1.807) is 0 Å². The summed E-state index contributed by atoms with van der Waals surface area (Å²) in [5.74, 6) is 0.155. The number of hydrogen-bond donors (Lipinski definition) is 2. The maximum Gasteiger partial charge on any atom is 0.224 e. The number of nitrogens with one attached hydrogen (secondary N) is 2. The van der Waals surface area contributed by atoms with Crippen LogP contribution in [0.2, 0.25) is 0 Å². The smallest absolute Gasteiger partial charge is 0.224 e. The molecule has 4 heteroatoms. The fourth-order valence-electron chi connectivity index (χ4n) is 1.37. The molecule has 1 rings (SSSR count). The molecule has 1 aliphatic heterocycles. The summed E-state index contributed by atoms with van der Waals surface area (Å²) >= 11 is 0. The van der Waals surface area contributed by atoms with Gasteiger partial charge in [-0.25, -0.2) is 0 Å². The Morgan fingerprint density at radius 3 is 2.93 bits per heavy atom. The Morgan fingerprint density at radius 2 is 2.43 bits per heavy atom. The van der Waals surface area contributed by atoms with E-state index in [-0.39, 0.29) is 11.8 Å². The third-order valence-electron chi connectivity index (χ3n) is 2.44. The Labute approximate surface area is 84.7 Å². The van der Waals surface area contributed by atoms with Gasteiger partial charge in [0, 0.05) is 13.1 Å². The van der Waals surface area contributed by atoms with Crippen LogP contribution >= 0.6 is 0 Å². The van der Waals surface area contributed by atoms with Crippen LogP contribution in [0.3, 0.4) is 0 Å². The normalized spacial score (nSPS) is 21.6. The minimum absolute atomic E-state index is 0.0679. The van der Waals surface area contributed by atoms with Crippen molar-refractivity contribution in [3.63, 3.8) is 0 Å². The van der Waals surface area contributed by atoms with E-state index >= 15 is 0 Å². The summed E-state index contributed by atoms with van der Waals surface area (Å²) in [5.41, 5.74) is -0.471. The quantitative estimate of drug-likeness (QED) is 0.679. The monoisotopic (exact) mass is 195 g/mol. The summed E-state index contributed by atoms with van der Waals surface area (Å²) in [6.07, 6.45) is 0.902. The van der Waals surface area contributed by atoms with Crippen LogP contribution in [-0.4, -0.2) is 25.5 Å². The Morgan fingerprint density at radius 1 is 1.71 bits per heavy atom. The number of nitrogens with zero attached hydrogens (tertiary/aromatic N) is 1. The molecule has 1 saturated heterocycles. The third kappa shape index (κ3) is 3.00. The van der Waals surface area contributed by atoms with Crippen molar-refractivity contribution in [1.29, 1.82) is 5.26 Å². The largest absolute Gasteiger partial charge is 0.354 e. The van der Waals surface area contributed by atoms with Gasteiger partial charge in [-0.3, -0.25) is 4.79 Å². The molecule has 0 aromatic rings. The van der Waals surface area contributed by atoms with E-state index in [1.165, 1.54) is 0 Å². The maximum absolute atomic E-state index is 11.5. The number of amides is 1. The van der Waals surface area contributed by atoms with Crippen LogP contribution in [0, 0.1) is 22.7 Å². The molecule has 0 aliphatic carbocycles. The van der Waals surface area contributed by atoms with Crippen molar-refractivity contribution in [3.05, 3.63) is 0 Å². The molecule has 4 nitrogen and oxygen atoms in total. The molecule has 1 fully saturated rings. The van der Waals surface area contributed by atoms with Crippen LogP contribution in [0.1, 0.15) is 20.3 Å². The first kappa shape index (κ1) is 11.0. The van der Waals surface area contributed by atoms with Crippen LogP contribution < -0.4 is 10.6 Å². The van der Waals surface area contributed by atoms with E-state index in [9.17, 15) is 4.79 Å². The lowest BCUT2D eigenvalue weighted by Crippen LogP contribution is -2.37. The lowest BCUT2D eigenvalue weighted by Gasteiger charge is -2.17. The highest BCUT2D eigenvalue weighted by molar-refractivity contribution is 5.79. The van der Waals surface area contributed by atoms with Crippen molar-refractivity contribution >= 4 is 5.91 Å². The lowest BCUT2D eigenvalue weighted by molar-refractivity contribution is -0.124. The minimum Gasteiger partial charge on any atom is -0.354 e. The molecule has 0 bridgehead atoms. The molecule has 1 aliphatic rings. The standard InChI is InChI=1S/C10H17N3O/c1-10(2,6-11)7-13-9(14)8-3-4-12-5-8/h8,12H,3-5,7H2,1-2H3,(H,13,14). The van der Waals surface area contributed by atoms with Crippen molar-refractivity contribution in [3.8, 4) is 6.07 Å². The molecule has 0 spiro atoms. The van der Waals surface area contributed by atoms with Gasteiger partial charge in [-0.2, -0.15) is 5.26 Å². The molecular weight excluding hydrogens is 178 g/mol. The van der Waals surface area contributed by atoms with Crippen LogP contribution in [0.15, 0.2) is 0 Å². The number of carbonyl (C=O) groups is 1. The molecule has 0 aromatic heterocycles. The van der Waals surface area contributed by atoms with Crippen LogP contribution in [0.5, 0.6) is 0 Å². The summed E-state index contributed by atoms with van der Waals surface area (Å²) < 4.78 is 0. The maximum atomic E-state index is 11.5. The summed E-state index contributed by atoms with van der Waals surface area (Å²) in [6.45, 7) is 5.75. The van der Waals surface area contributed by atoms with E-state index in [0.29, 0.717) is 6.54 Å². The highest BCUT2D eigenvalue weighted by atomic mass is 16.1. The Kier molecular flexibility index (Phi) is 3.48. The molecule has 1 heterocycles. The fraction of sp³-hybridized carbons (Fsp3) is 0.800. The average molecular weight is 195 g/mol. The van der Waals surface area contributed by atoms with Crippen molar-refractivity contribution in [2.24, 2.45) is 11.3 Å². The van der Waals surface area contributed by atoms with Gasteiger partial charge >= 0.3 is 0 Å². The van der Waals surface area contributed by atoms with Crippen molar-refractivity contribution in [2.45, 2.75) is 20.3 Å². The van der Waals surface area contributed by atoms with Gasteiger partial charge in [0.25, 0.3) is 0 Å². The first-order chi connectivity index (χ1) is 6.55. The molecule has 0 aromatic carbocycles. The van der Waals surface area contributed by atoms with E-state index in [4.69, 9.17) is 5.26 Å². The molecule has 14 heavy (non-hydrogen) atoms. The Hall–Kier alpha value is -1.08. The molecule has 1 amide bonds. The third-order valence-corrected chi connectivity index (χ3v) is 2.44. The summed E-state index contributed by atoms with van der Waals surface area (Å²) in [7, 11) is 0. The zero-order valence-electron chi connectivity index (χ0n) is 8.76. The van der Waals surface area contributed by atoms with Gasteiger partial charge in [-0.1, -0.05) is 0 Å². The molecule has 0 radical (unpaired) electrons. The second-order valence-electron chi connectivity index (χ2n) is 4.40. The number of carbonyl (C=O) groups excluding carboxylic acids is 1. The van der Waals surface area contributed by atoms with Crippen LogP contribution in [0.4, 0.5) is 0 Å². The van der Waals surface area contributed by atoms with Gasteiger partial charge in [-0.15, -0.1) is 0 Å². The molecule has 0 saturated carbocycles. The Bertz CT molecular complexity index is 249. The van der Waals surface area contributed by atoms with Gasteiger partial charge in [-0.05, 0) is 26.8 Å². The molecule has 1 atom stereocenters. The van der Waals surface area contributed by atoms with Crippen molar-refractivity contribution in [1.82, 2.24) is 10.6 Å². The zero-order valence-corrected chi connectivity index (χ0v) is 8.76. The lowest BCUT2D eigenvalue weighted by atomic mass is 9.95. The first-order valence-corrected chi connectivity index (χ1v) is 4.95. The van der Waals surface area contributed by atoms with Gasteiger partial charge in [0.2, 0.25) is 5.91 Å². The summed E-state index contributed by atoms with van der Waals surface area (Å²) in [5, 5.41) is 14.7. The number of rotatable bonds is 3. The van der Waals surface area contributed by atoms with Gasteiger partial charge in [0.15, 0.2) is 0 Å². The topological polar surface area (TPSA) is 64.9 Å². The van der Waals surface area contributed by atoms with Gasteiger partial charge in [0.1, 0.15) is 0 Å². The molecular formula is C10H17N3O. The number of hydrogen-bond acceptors (Lipinski definition) is 3. The second-order valence-corrected chi connectivity index (χ2v) is 4.40. The molecule has 78 valence electrons. The van der Waals surface area contributed by atoms with E-state index < -0.39 is 5.41 Å². The fourth-order valence-corrected chi connectivity index (χ4v) is 1.37.